The zero-order valence-corrected chi connectivity index (χ0v) is 22.6. The Morgan fingerprint density at radius 1 is 0.950 bits per heavy atom. The molecule has 7 nitrogen and oxygen atoms in total. The number of amides is 1. The van der Waals surface area contributed by atoms with Gasteiger partial charge in [0.05, 0.1) is 18.4 Å². The molecule has 1 aliphatic heterocycles. The van der Waals surface area contributed by atoms with Crippen LogP contribution in [0.3, 0.4) is 0 Å². The van der Waals surface area contributed by atoms with Crippen LogP contribution in [0.15, 0.2) is 103 Å². The SMILES string of the molecule is COc1ccc(/C(O)=C2/C(=O)C(=O)N(c3ccc(OCc4ccccc4)cc3)C2c2ccccn2)cc1C(C)C. The minimum atomic E-state index is -0.915. The van der Waals surface area contributed by atoms with Gasteiger partial charge in [-0.3, -0.25) is 19.5 Å². The molecule has 3 aromatic carbocycles. The highest BCUT2D eigenvalue weighted by atomic mass is 16.5. The van der Waals surface area contributed by atoms with Crippen molar-refractivity contribution in [1.82, 2.24) is 4.98 Å². The van der Waals surface area contributed by atoms with E-state index >= 15 is 0 Å². The van der Waals surface area contributed by atoms with E-state index in [-0.39, 0.29) is 17.3 Å². The largest absolute Gasteiger partial charge is 0.507 e. The normalized spacial score (nSPS) is 16.4. The van der Waals surface area contributed by atoms with Crippen molar-refractivity contribution in [3.05, 3.63) is 125 Å². The summed E-state index contributed by atoms with van der Waals surface area (Å²) in [6.07, 6.45) is 1.60. The van der Waals surface area contributed by atoms with Gasteiger partial charge in [0.15, 0.2) is 0 Å². The number of rotatable bonds is 8. The smallest absolute Gasteiger partial charge is 0.300 e. The van der Waals surface area contributed by atoms with Gasteiger partial charge in [-0.25, -0.2) is 0 Å². The molecule has 4 aromatic rings. The second-order valence-corrected chi connectivity index (χ2v) is 9.80. The minimum absolute atomic E-state index is 0.0204. The molecule has 1 amide bonds. The predicted molar refractivity (Wildman–Crippen MR) is 153 cm³/mol. The standard InChI is InChI=1S/C33H30N2O5/c1-21(2)26-19-23(12-17-28(26)39-3)31(36)29-30(27-11-7-8-18-34-27)35(33(38)32(29)37)24-13-15-25(16-14-24)40-20-22-9-5-4-6-10-22/h4-19,21,30,36H,20H2,1-3H3/b31-29-. The monoisotopic (exact) mass is 534 g/mol. The summed E-state index contributed by atoms with van der Waals surface area (Å²) in [5.41, 5.74) is 3.26. The Hall–Kier alpha value is -4.91. The molecule has 1 unspecified atom stereocenters. The van der Waals surface area contributed by atoms with Gasteiger partial charge >= 0.3 is 0 Å². The van der Waals surface area contributed by atoms with Crippen LogP contribution in [0.5, 0.6) is 11.5 Å². The number of benzene rings is 3. The maximum Gasteiger partial charge on any atom is 0.300 e. The van der Waals surface area contributed by atoms with Crippen LogP contribution in [0, 0.1) is 0 Å². The lowest BCUT2D eigenvalue weighted by Crippen LogP contribution is -2.29. The number of hydrogen-bond donors (Lipinski definition) is 1. The van der Waals surface area contributed by atoms with E-state index in [0.717, 1.165) is 11.1 Å². The highest BCUT2D eigenvalue weighted by Crippen LogP contribution is 2.42. The summed E-state index contributed by atoms with van der Waals surface area (Å²) < 4.78 is 11.4. The number of carbonyl (C=O) groups is 2. The third kappa shape index (κ3) is 5.18. The van der Waals surface area contributed by atoms with E-state index in [2.05, 4.69) is 4.98 Å². The number of hydrogen-bond acceptors (Lipinski definition) is 6. The van der Waals surface area contributed by atoms with Gasteiger partial charge in [-0.15, -0.1) is 0 Å². The molecule has 202 valence electrons. The van der Waals surface area contributed by atoms with Crippen LogP contribution in [0.1, 0.15) is 48.2 Å². The van der Waals surface area contributed by atoms with Crippen molar-refractivity contribution in [2.75, 3.05) is 12.0 Å². The molecular weight excluding hydrogens is 504 g/mol. The molecule has 7 heteroatoms. The van der Waals surface area contributed by atoms with Gasteiger partial charge in [0.25, 0.3) is 11.7 Å². The van der Waals surface area contributed by atoms with Crippen molar-refractivity contribution < 1.29 is 24.2 Å². The molecule has 40 heavy (non-hydrogen) atoms. The third-order valence-electron chi connectivity index (χ3n) is 6.90. The Morgan fingerprint density at radius 2 is 1.68 bits per heavy atom. The summed E-state index contributed by atoms with van der Waals surface area (Å²) in [5.74, 6) is -0.365. The summed E-state index contributed by atoms with van der Waals surface area (Å²) in [6, 6.07) is 26.4. The van der Waals surface area contributed by atoms with Gasteiger partial charge in [0, 0.05) is 17.4 Å². The molecule has 0 radical (unpaired) electrons. The van der Waals surface area contributed by atoms with Gasteiger partial charge in [0.1, 0.15) is 29.9 Å². The number of aliphatic hydroxyl groups is 1. The molecule has 1 aromatic heterocycles. The van der Waals surface area contributed by atoms with Crippen LogP contribution >= 0.6 is 0 Å². The van der Waals surface area contributed by atoms with Crippen LogP contribution in [-0.2, 0) is 16.2 Å². The molecule has 5 rings (SSSR count). The number of methoxy groups -OCH3 is 1. The lowest BCUT2D eigenvalue weighted by molar-refractivity contribution is -0.132. The minimum Gasteiger partial charge on any atom is -0.507 e. The third-order valence-corrected chi connectivity index (χ3v) is 6.90. The van der Waals surface area contributed by atoms with E-state index < -0.39 is 17.7 Å². The van der Waals surface area contributed by atoms with E-state index in [1.54, 1.807) is 74.0 Å². The van der Waals surface area contributed by atoms with Crippen molar-refractivity contribution in [2.24, 2.45) is 0 Å². The molecule has 0 aliphatic carbocycles. The number of carbonyl (C=O) groups excluding carboxylic acids is 2. The fourth-order valence-electron chi connectivity index (χ4n) is 4.85. The molecule has 1 aliphatic rings. The number of ketones is 1. The summed E-state index contributed by atoms with van der Waals surface area (Å²) >= 11 is 0. The van der Waals surface area contributed by atoms with Crippen LogP contribution < -0.4 is 14.4 Å². The Labute approximate surface area is 233 Å². The average Bonchev–Trinajstić information content (AvgIpc) is 3.26. The summed E-state index contributed by atoms with van der Waals surface area (Å²) in [4.78, 5) is 32.8. The Balaban J connectivity index is 1.54. The summed E-state index contributed by atoms with van der Waals surface area (Å²) in [6.45, 7) is 4.43. The summed E-state index contributed by atoms with van der Waals surface area (Å²) in [7, 11) is 1.59. The molecule has 1 saturated heterocycles. The van der Waals surface area contributed by atoms with Crippen molar-refractivity contribution >= 4 is 23.1 Å². The first-order chi connectivity index (χ1) is 19.4. The molecule has 0 saturated carbocycles. The van der Waals surface area contributed by atoms with Gasteiger partial charge in [0.2, 0.25) is 0 Å². The second kappa shape index (κ2) is 11.5. The van der Waals surface area contributed by atoms with Crippen LogP contribution in [0.4, 0.5) is 5.69 Å². The highest BCUT2D eigenvalue weighted by molar-refractivity contribution is 6.51. The van der Waals surface area contributed by atoms with Crippen LogP contribution in [0.2, 0.25) is 0 Å². The Morgan fingerprint density at radius 3 is 2.33 bits per heavy atom. The predicted octanol–water partition coefficient (Wildman–Crippen LogP) is 6.42. The van der Waals surface area contributed by atoms with Gasteiger partial charge in [-0.2, -0.15) is 0 Å². The molecule has 2 heterocycles. The molecule has 1 atom stereocenters. The Kier molecular flexibility index (Phi) is 7.64. The molecule has 1 fully saturated rings. The van der Waals surface area contributed by atoms with Crippen molar-refractivity contribution in [2.45, 2.75) is 32.4 Å². The highest BCUT2D eigenvalue weighted by Gasteiger charge is 2.47. The molecule has 0 spiro atoms. The van der Waals surface area contributed by atoms with E-state index in [9.17, 15) is 14.7 Å². The number of ether oxygens (including phenoxy) is 2. The lowest BCUT2D eigenvalue weighted by atomic mass is 9.94. The number of Topliss-reactive ketones (excluding diaryl/α,β-unsaturated/α-hetero) is 1. The number of anilines is 1. The topological polar surface area (TPSA) is 89.0 Å². The first kappa shape index (κ1) is 26.7. The van der Waals surface area contributed by atoms with E-state index in [0.29, 0.717) is 35.1 Å². The summed E-state index contributed by atoms with van der Waals surface area (Å²) in [5, 5.41) is 11.5. The second-order valence-electron chi connectivity index (χ2n) is 9.80. The quantitative estimate of drug-likeness (QED) is 0.159. The molecular formula is C33H30N2O5. The number of pyridine rings is 1. The lowest BCUT2D eigenvalue weighted by Gasteiger charge is -2.25. The van der Waals surface area contributed by atoms with Crippen molar-refractivity contribution in [3.8, 4) is 11.5 Å². The zero-order chi connectivity index (χ0) is 28.2. The van der Waals surface area contributed by atoms with Crippen LogP contribution in [-0.4, -0.2) is 28.9 Å². The van der Waals surface area contributed by atoms with Gasteiger partial charge in [-0.1, -0.05) is 50.2 Å². The number of nitrogens with zero attached hydrogens (tertiary/aromatic N) is 2. The average molecular weight is 535 g/mol. The number of aliphatic hydroxyl groups excluding tert-OH is 1. The maximum atomic E-state index is 13.5. The number of aromatic nitrogens is 1. The van der Waals surface area contributed by atoms with E-state index in [1.807, 2.05) is 44.2 Å². The van der Waals surface area contributed by atoms with E-state index in [1.165, 1.54) is 4.90 Å². The molecule has 1 N–H and O–H groups in total. The fourth-order valence-corrected chi connectivity index (χ4v) is 4.85. The first-order valence-corrected chi connectivity index (χ1v) is 13.1. The Bertz CT molecular complexity index is 1550. The van der Waals surface area contributed by atoms with Crippen molar-refractivity contribution in [1.29, 1.82) is 0 Å². The van der Waals surface area contributed by atoms with Crippen molar-refractivity contribution in [3.63, 3.8) is 0 Å². The fraction of sp³-hybridized carbons (Fsp3) is 0.182. The zero-order valence-electron chi connectivity index (χ0n) is 22.6. The maximum absolute atomic E-state index is 13.5. The van der Waals surface area contributed by atoms with Crippen LogP contribution in [0.25, 0.3) is 5.76 Å². The van der Waals surface area contributed by atoms with Gasteiger partial charge < -0.3 is 14.6 Å². The van der Waals surface area contributed by atoms with Gasteiger partial charge in [-0.05, 0) is 71.6 Å². The first-order valence-electron chi connectivity index (χ1n) is 13.1. The van der Waals surface area contributed by atoms with E-state index in [4.69, 9.17) is 9.47 Å². The molecule has 0 bridgehead atoms.